The van der Waals surface area contributed by atoms with Gasteiger partial charge < -0.3 is 26.5 Å². The van der Waals surface area contributed by atoms with Crippen molar-refractivity contribution in [2.75, 3.05) is 0 Å². The molecule has 0 radical (unpaired) electrons. The molecule has 0 aliphatic rings. The highest BCUT2D eigenvalue weighted by atomic mass is 16.4. The molecule has 1 aromatic heterocycles. The Kier molecular flexibility index (Phi) is 6.57. The third-order valence-corrected chi connectivity index (χ3v) is 4.49. The van der Waals surface area contributed by atoms with E-state index in [-0.39, 0.29) is 12.3 Å². The second-order valence-electron chi connectivity index (χ2n) is 6.96. The van der Waals surface area contributed by atoms with E-state index >= 15 is 0 Å². The van der Waals surface area contributed by atoms with E-state index < -0.39 is 35.9 Å². The van der Waals surface area contributed by atoms with Crippen molar-refractivity contribution in [3.8, 4) is 0 Å². The Bertz CT molecular complexity index is 830. The summed E-state index contributed by atoms with van der Waals surface area (Å²) in [5, 5.41) is 15.4. The number of aromatic amines is 1. The fourth-order valence-electron chi connectivity index (χ4n) is 2.70. The monoisotopic (exact) mass is 374 g/mol. The molecule has 1 heterocycles. The number of carbonyl (C=O) groups is 3. The summed E-state index contributed by atoms with van der Waals surface area (Å²) in [5.74, 6) is -2.25. The number of carboxylic acids is 1. The van der Waals surface area contributed by atoms with E-state index in [2.05, 4.69) is 15.6 Å². The van der Waals surface area contributed by atoms with Crippen LogP contribution in [0.25, 0.3) is 10.9 Å². The lowest BCUT2D eigenvalue weighted by Gasteiger charge is -2.21. The summed E-state index contributed by atoms with van der Waals surface area (Å²) < 4.78 is 0. The number of H-pyrrole nitrogens is 1. The topological polar surface area (TPSA) is 137 Å². The molecule has 0 fully saturated rings. The molecule has 0 spiro atoms. The summed E-state index contributed by atoms with van der Waals surface area (Å²) >= 11 is 0. The summed E-state index contributed by atoms with van der Waals surface area (Å²) in [6, 6.07) is 4.78. The number of fused-ring (bicyclic) bond motifs is 1. The Morgan fingerprint density at radius 3 is 2.41 bits per heavy atom. The number of amides is 2. The van der Waals surface area contributed by atoms with Gasteiger partial charge in [0.15, 0.2) is 0 Å². The minimum absolute atomic E-state index is 0.0751. The van der Waals surface area contributed by atoms with Crippen LogP contribution in [-0.2, 0) is 20.8 Å². The molecule has 0 aliphatic carbocycles. The first-order valence-corrected chi connectivity index (χ1v) is 8.84. The summed E-state index contributed by atoms with van der Waals surface area (Å²) in [6.45, 7) is 5.10. The summed E-state index contributed by atoms with van der Waals surface area (Å²) in [6.07, 6.45) is 1.86. The van der Waals surface area contributed by atoms with Gasteiger partial charge in [0.1, 0.15) is 12.1 Å². The molecule has 1 aromatic carbocycles. The number of hydrogen-bond donors (Lipinski definition) is 5. The lowest BCUT2D eigenvalue weighted by molar-refractivity contribution is -0.142. The zero-order valence-electron chi connectivity index (χ0n) is 15.7. The number of aliphatic carboxylic acids is 1. The van der Waals surface area contributed by atoms with E-state index in [1.807, 2.05) is 24.3 Å². The van der Waals surface area contributed by atoms with Crippen LogP contribution in [0.15, 0.2) is 30.5 Å². The number of aromatic nitrogens is 1. The van der Waals surface area contributed by atoms with E-state index in [1.165, 1.54) is 6.92 Å². The molecular weight excluding hydrogens is 348 g/mol. The minimum atomic E-state index is -1.15. The fraction of sp³-hybridized carbons (Fsp3) is 0.421. The quantitative estimate of drug-likeness (QED) is 0.465. The van der Waals surface area contributed by atoms with Gasteiger partial charge in [-0.2, -0.15) is 0 Å². The van der Waals surface area contributed by atoms with Crippen molar-refractivity contribution in [2.45, 2.75) is 45.3 Å². The summed E-state index contributed by atoms with van der Waals surface area (Å²) in [7, 11) is 0. The Morgan fingerprint density at radius 1 is 1.11 bits per heavy atom. The predicted octanol–water partition coefficient (Wildman–Crippen LogP) is 0.768. The molecule has 0 aliphatic heterocycles. The van der Waals surface area contributed by atoms with Gasteiger partial charge in [0, 0.05) is 23.5 Å². The molecule has 2 aromatic rings. The van der Waals surface area contributed by atoms with E-state index in [0.29, 0.717) is 0 Å². The Balaban J connectivity index is 2.04. The maximum Gasteiger partial charge on any atom is 0.326 e. The number of hydrogen-bond acceptors (Lipinski definition) is 4. The molecular formula is C19H26N4O4. The van der Waals surface area contributed by atoms with Gasteiger partial charge >= 0.3 is 5.97 Å². The molecule has 0 bridgehead atoms. The maximum atomic E-state index is 12.3. The zero-order valence-corrected chi connectivity index (χ0v) is 15.7. The van der Waals surface area contributed by atoms with Crippen molar-refractivity contribution in [2.24, 2.45) is 11.7 Å². The van der Waals surface area contributed by atoms with Gasteiger partial charge in [-0.3, -0.25) is 9.59 Å². The first-order valence-electron chi connectivity index (χ1n) is 8.84. The summed E-state index contributed by atoms with van der Waals surface area (Å²) in [4.78, 5) is 39.0. The molecule has 3 unspecified atom stereocenters. The van der Waals surface area contributed by atoms with Crippen LogP contribution in [0.3, 0.4) is 0 Å². The molecule has 0 saturated heterocycles. The normalized spacial score (nSPS) is 14.6. The third-order valence-electron chi connectivity index (χ3n) is 4.49. The zero-order chi connectivity index (χ0) is 20.1. The van der Waals surface area contributed by atoms with Crippen molar-refractivity contribution in [3.63, 3.8) is 0 Å². The number of carboxylic acid groups (broad SMARTS) is 1. The van der Waals surface area contributed by atoms with Crippen LogP contribution in [-0.4, -0.2) is 46.0 Å². The largest absolute Gasteiger partial charge is 0.480 e. The SMILES string of the molecule is CC(NC(=O)C(N)C(C)C)C(=O)NC(Cc1c[nH]c2ccccc12)C(=O)O. The minimum Gasteiger partial charge on any atom is -0.480 e. The van der Waals surface area contributed by atoms with Gasteiger partial charge in [-0.25, -0.2) is 4.79 Å². The Labute approximate surface area is 157 Å². The predicted molar refractivity (Wildman–Crippen MR) is 102 cm³/mol. The van der Waals surface area contributed by atoms with Crippen molar-refractivity contribution in [1.82, 2.24) is 15.6 Å². The molecule has 27 heavy (non-hydrogen) atoms. The van der Waals surface area contributed by atoms with Gasteiger partial charge in [0.05, 0.1) is 6.04 Å². The lowest BCUT2D eigenvalue weighted by atomic mass is 10.0. The number of carbonyl (C=O) groups excluding carboxylic acids is 2. The number of para-hydroxylation sites is 1. The van der Waals surface area contributed by atoms with E-state index in [0.717, 1.165) is 16.5 Å². The molecule has 2 amide bonds. The van der Waals surface area contributed by atoms with E-state index in [1.54, 1.807) is 20.0 Å². The van der Waals surface area contributed by atoms with Crippen molar-refractivity contribution in [1.29, 1.82) is 0 Å². The second kappa shape index (κ2) is 8.68. The van der Waals surface area contributed by atoms with Crippen LogP contribution < -0.4 is 16.4 Å². The van der Waals surface area contributed by atoms with Crippen molar-refractivity contribution >= 4 is 28.7 Å². The van der Waals surface area contributed by atoms with Gasteiger partial charge in [0.25, 0.3) is 0 Å². The van der Waals surface area contributed by atoms with Crippen molar-refractivity contribution < 1.29 is 19.5 Å². The molecule has 8 heteroatoms. The van der Waals surface area contributed by atoms with Crippen LogP contribution in [0.5, 0.6) is 0 Å². The number of nitrogens with one attached hydrogen (secondary N) is 3. The Morgan fingerprint density at radius 2 is 1.78 bits per heavy atom. The molecule has 8 nitrogen and oxygen atoms in total. The molecule has 6 N–H and O–H groups in total. The number of nitrogens with two attached hydrogens (primary N) is 1. The lowest BCUT2D eigenvalue weighted by Crippen LogP contribution is -2.54. The van der Waals surface area contributed by atoms with Gasteiger partial charge in [-0.15, -0.1) is 0 Å². The highest BCUT2D eigenvalue weighted by molar-refractivity contribution is 5.92. The van der Waals surface area contributed by atoms with Crippen LogP contribution in [0, 0.1) is 5.92 Å². The highest BCUT2D eigenvalue weighted by Gasteiger charge is 2.26. The fourth-order valence-corrected chi connectivity index (χ4v) is 2.70. The van der Waals surface area contributed by atoms with E-state index in [4.69, 9.17) is 5.73 Å². The first kappa shape index (κ1) is 20.4. The molecule has 2 rings (SSSR count). The standard InChI is InChI=1S/C19H26N4O4/c1-10(2)16(20)18(25)22-11(3)17(24)23-15(19(26)27)8-12-9-21-14-7-5-4-6-13(12)14/h4-7,9-11,15-16,21H,8,20H2,1-3H3,(H,22,25)(H,23,24)(H,26,27). The van der Waals surface area contributed by atoms with Gasteiger partial charge in [0.2, 0.25) is 11.8 Å². The van der Waals surface area contributed by atoms with Crippen molar-refractivity contribution in [3.05, 3.63) is 36.0 Å². The summed E-state index contributed by atoms with van der Waals surface area (Å²) in [5.41, 5.74) is 7.44. The van der Waals surface area contributed by atoms with Gasteiger partial charge in [-0.1, -0.05) is 32.0 Å². The third kappa shape index (κ3) is 5.07. The average Bonchev–Trinajstić information content (AvgIpc) is 3.03. The van der Waals surface area contributed by atoms with Crippen LogP contribution in [0.1, 0.15) is 26.3 Å². The smallest absolute Gasteiger partial charge is 0.326 e. The van der Waals surface area contributed by atoms with E-state index in [9.17, 15) is 19.5 Å². The molecule has 0 saturated carbocycles. The highest BCUT2D eigenvalue weighted by Crippen LogP contribution is 2.19. The second-order valence-corrected chi connectivity index (χ2v) is 6.96. The number of rotatable bonds is 8. The van der Waals surface area contributed by atoms with Crippen LogP contribution in [0.4, 0.5) is 0 Å². The average molecular weight is 374 g/mol. The number of benzene rings is 1. The maximum absolute atomic E-state index is 12.3. The Hall–Kier alpha value is -2.87. The first-order chi connectivity index (χ1) is 12.7. The molecule has 146 valence electrons. The van der Waals surface area contributed by atoms with Crippen LogP contribution >= 0.6 is 0 Å². The van der Waals surface area contributed by atoms with Crippen LogP contribution in [0.2, 0.25) is 0 Å². The molecule has 3 atom stereocenters. The van der Waals surface area contributed by atoms with Gasteiger partial charge in [-0.05, 0) is 24.5 Å².